The summed E-state index contributed by atoms with van der Waals surface area (Å²) in [6.07, 6.45) is 10.4. The maximum absolute atomic E-state index is 13.0. The molecule has 31 heavy (non-hydrogen) atoms. The second kappa shape index (κ2) is 6.63. The number of nitrogens with two attached hydrogens (primary N) is 1. The monoisotopic (exact) mass is 427 g/mol. The molecule has 2 atom stereocenters. The second-order valence-electron chi connectivity index (χ2n) is 9.71. The molecule has 2 aromatic rings. The van der Waals surface area contributed by atoms with Gasteiger partial charge >= 0.3 is 5.69 Å². The van der Waals surface area contributed by atoms with Crippen LogP contribution in [0.2, 0.25) is 0 Å². The van der Waals surface area contributed by atoms with Gasteiger partial charge in [0.05, 0.1) is 22.3 Å². The molecule has 4 aliphatic rings. The van der Waals surface area contributed by atoms with Crippen molar-refractivity contribution in [3.05, 3.63) is 34.4 Å². The minimum atomic E-state index is -0.649. The van der Waals surface area contributed by atoms with E-state index in [1.165, 1.54) is 23.3 Å². The lowest BCUT2D eigenvalue weighted by molar-refractivity contribution is -0.385. The van der Waals surface area contributed by atoms with Gasteiger partial charge in [-0.25, -0.2) is 0 Å². The number of nitrogens with zero attached hydrogens (tertiary/aromatic N) is 5. The highest BCUT2D eigenvalue weighted by molar-refractivity contribution is 6.01. The molecule has 4 fully saturated rings. The Labute approximate surface area is 178 Å². The Morgan fingerprint density at radius 1 is 1.26 bits per heavy atom. The van der Waals surface area contributed by atoms with Crippen molar-refractivity contribution >= 4 is 23.2 Å². The van der Waals surface area contributed by atoms with Gasteiger partial charge in [-0.1, -0.05) is 0 Å². The molecule has 0 aromatic carbocycles. The van der Waals surface area contributed by atoms with E-state index in [2.05, 4.69) is 15.5 Å². The minimum Gasteiger partial charge on any atom is -0.364 e. The highest BCUT2D eigenvalue weighted by atomic mass is 16.6. The molecular weight excluding hydrogens is 402 g/mol. The van der Waals surface area contributed by atoms with E-state index in [9.17, 15) is 19.7 Å². The van der Waals surface area contributed by atoms with Crippen LogP contribution in [0, 0.1) is 27.4 Å². The summed E-state index contributed by atoms with van der Waals surface area (Å²) in [6, 6.07) is 0. The first kappa shape index (κ1) is 19.7. The fourth-order valence-corrected chi connectivity index (χ4v) is 6.90. The third kappa shape index (κ3) is 3.19. The molecule has 2 aromatic heterocycles. The first-order chi connectivity index (χ1) is 14.7. The average molecular weight is 427 g/mol. The quantitative estimate of drug-likeness (QED) is 0.531. The number of aromatic nitrogens is 4. The smallest absolute Gasteiger partial charge is 0.307 e. The summed E-state index contributed by atoms with van der Waals surface area (Å²) in [5.41, 5.74) is 5.46. The number of nitro groups is 1. The third-order valence-electron chi connectivity index (χ3n) is 7.40. The maximum atomic E-state index is 13.0. The summed E-state index contributed by atoms with van der Waals surface area (Å²) in [5, 5.41) is 22.4. The van der Waals surface area contributed by atoms with Crippen LogP contribution in [0.25, 0.3) is 0 Å². The largest absolute Gasteiger partial charge is 0.364 e. The van der Waals surface area contributed by atoms with Crippen molar-refractivity contribution in [3.8, 4) is 0 Å². The number of primary amides is 1. The summed E-state index contributed by atoms with van der Waals surface area (Å²) in [4.78, 5) is 35.4. The number of nitrogens with one attached hydrogen (secondary N) is 1. The van der Waals surface area contributed by atoms with E-state index in [1.54, 1.807) is 11.7 Å². The molecule has 2 unspecified atom stereocenters. The Hall–Kier alpha value is -3.24. The topological polar surface area (TPSA) is 151 Å². The lowest BCUT2D eigenvalue weighted by Crippen LogP contribution is -2.57. The van der Waals surface area contributed by atoms with E-state index < -0.39 is 10.8 Å². The van der Waals surface area contributed by atoms with Crippen molar-refractivity contribution in [1.82, 2.24) is 19.6 Å². The lowest BCUT2D eigenvalue weighted by Gasteiger charge is -2.61. The van der Waals surface area contributed by atoms with E-state index in [1.807, 2.05) is 0 Å². The van der Waals surface area contributed by atoms with Gasteiger partial charge in [0.25, 0.3) is 5.91 Å². The Balaban J connectivity index is 1.39. The highest BCUT2D eigenvalue weighted by Crippen LogP contribution is 2.65. The van der Waals surface area contributed by atoms with E-state index >= 15 is 0 Å². The molecule has 6 rings (SSSR count). The average Bonchev–Trinajstić information content (AvgIpc) is 3.27. The van der Waals surface area contributed by atoms with Crippen molar-refractivity contribution in [2.45, 2.75) is 50.5 Å². The van der Waals surface area contributed by atoms with Crippen LogP contribution in [-0.4, -0.2) is 36.3 Å². The van der Waals surface area contributed by atoms with Gasteiger partial charge in [0.1, 0.15) is 18.1 Å². The molecule has 0 radical (unpaired) electrons. The van der Waals surface area contributed by atoms with Crippen LogP contribution in [0.15, 0.2) is 18.6 Å². The summed E-state index contributed by atoms with van der Waals surface area (Å²) < 4.78 is 3.14. The van der Waals surface area contributed by atoms with Crippen LogP contribution in [0.4, 0.5) is 11.4 Å². The lowest BCUT2D eigenvalue weighted by atomic mass is 9.46. The van der Waals surface area contributed by atoms with Gasteiger partial charge in [-0.15, -0.1) is 0 Å². The Bertz CT molecular complexity index is 1070. The zero-order valence-electron chi connectivity index (χ0n) is 17.3. The number of anilines is 1. The fourth-order valence-electron chi connectivity index (χ4n) is 6.90. The van der Waals surface area contributed by atoms with Gasteiger partial charge in [0.15, 0.2) is 0 Å². The Morgan fingerprint density at radius 2 is 1.97 bits per heavy atom. The van der Waals surface area contributed by atoms with Crippen LogP contribution < -0.4 is 11.1 Å². The summed E-state index contributed by atoms with van der Waals surface area (Å²) in [5.74, 6) is 0.150. The molecule has 0 aliphatic heterocycles. The van der Waals surface area contributed by atoms with E-state index in [-0.39, 0.29) is 28.2 Å². The molecule has 4 saturated carbocycles. The van der Waals surface area contributed by atoms with Crippen molar-refractivity contribution in [1.29, 1.82) is 0 Å². The normalized spacial score (nSPS) is 31.0. The van der Waals surface area contributed by atoms with E-state index in [4.69, 9.17) is 5.73 Å². The Morgan fingerprint density at radius 3 is 2.58 bits per heavy atom. The van der Waals surface area contributed by atoms with Crippen LogP contribution >= 0.6 is 0 Å². The summed E-state index contributed by atoms with van der Waals surface area (Å²) >= 11 is 0. The summed E-state index contributed by atoms with van der Waals surface area (Å²) in [7, 11) is 1.60. The van der Waals surface area contributed by atoms with E-state index in [0.29, 0.717) is 23.9 Å². The van der Waals surface area contributed by atoms with Crippen molar-refractivity contribution in [2.24, 2.45) is 30.0 Å². The van der Waals surface area contributed by atoms with Gasteiger partial charge in [-0.3, -0.25) is 29.1 Å². The molecule has 3 N–H and O–H groups in total. The molecule has 4 aliphatic carbocycles. The predicted octanol–water partition coefficient (Wildman–Crippen LogP) is 1.95. The van der Waals surface area contributed by atoms with Crippen molar-refractivity contribution in [2.75, 3.05) is 5.32 Å². The van der Waals surface area contributed by atoms with Gasteiger partial charge in [0.2, 0.25) is 5.91 Å². The number of carbonyl (C=O) groups excluding carboxylic acids is 2. The van der Waals surface area contributed by atoms with Crippen LogP contribution in [0.1, 0.15) is 55.4 Å². The predicted molar refractivity (Wildman–Crippen MR) is 109 cm³/mol. The molecule has 11 heteroatoms. The number of hydrogen-bond donors (Lipinski definition) is 2. The Kier molecular flexibility index (Phi) is 4.21. The second-order valence-corrected chi connectivity index (χ2v) is 9.71. The van der Waals surface area contributed by atoms with Gasteiger partial charge < -0.3 is 11.1 Å². The summed E-state index contributed by atoms with van der Waals surface area (Å²) in [6.45, 7) is 0. The van der Waals surface area contributed by atoms with Crippen LogP contribution in [0.3, 0.4) is 0 Å². The van der Waals surface area contributed by atoms with Gasteiger partial charge in [0, 0.05) is 13.5 Å². The zero-order valence-corrected chi connectivity index (χ0v) is 17.3. The minimum absolute atomic E-state index is 0.00176. The van der Waals surface area contributed by atoms with Crippen LogP contribution in [-0.2, 0) is 17.4 Å². The molecule has 164 valence electrons. The maximum Gasteiger partial charge on any atom is 0.307 e. The van der Waals surface area contributed by atoms with Crippen LogP contribution in [0.5, 0.6) is 0 Å². The molecule has 0 saturated heterocycles. The highest BCUT2D eigenvalue weighted by Gasteiger charge is 2.59. The number of rotatable bonds is 6. The van der Waals surface area contributed by atoms with Gasteiger partial charge in [-0.05, 0) is 55.8 Å². The first-order valence-corrected chi connectivity index (χ1v) is 10.5. The number of aryl methyl sites for hydroxylation is 1. The molecule has 2 heterocycles. The molecule has 4 bridgehead atoms. The zero-order chi connectivity index (χ0) is 22.0. The molecule has 2 amide bonds. The van der Waals surface area contributed by atoms with Crippen molar-refractivity contribution in [3.63, 3.8) is 0 Å². The molecule has 0 spiro atoms. The number of hydrogen-bond acceptors (Lipinski definition) is 6. The number of carbonyl (C=O) groups is 2. The van der Waals surface area contributed by atoms with Gasteiger partial charge in [-0.2, -0.15) is 10.2 Å². The van der Waals surface area contributed by atoms with Crippen molar-refractivity contribution < 1.29 is 14.5 Å². The van der Waals surface area contributed by atoms with E-state index in [0.717, 1.165) is 38.5 Å². The standard InChI is InChI=1S/C20H25N7O4/c1-25-17(18(21)29)15(9-22-25)24-16(28)7-19-3-12-2-13(4-19)6-20(5-12,11-19)26-10-14(8-23-26)27(30)31/h8-10,12-13H,2-7,11H2,1H3,(H2,21,29)(H,24,28). The SMILES string of the molecule is Cn1ncc(NC(=O)CC23CC4CC(C2)CC(n2cc([N+](=O)[O-])cn2)(C4)C3)c1C(N)=O. The number of amides is 2. The third-order valence-corrected chi connectivity index (χ3v) is 7.40. The molecule has 11 nitrogen and oxygen atoms in total. The fraction of sp³-hybridized carbons (Fsp3) is 0.600. The molecular formula is C20H25N7O4. The first-order valence-electron chi connectivity index (χ1n) is 10.5.